The predicted octanol–water partition coefficient (Wildman–Crippen LogP) is 2.98. The molecule has 38 heavy (non-hydrogen) atoms. The van der Waals surface area contributed by atoms with Gasteiger partial charge in [-0.1, -0.05) is 72.8 Å². The molecule has 0 saturated carbocycles. The number of aliphatic hydroxyl groups excluding tert-OH is 1. The molecule has 200 valence electrons. The van der Waals surface area contributed by atoms with Crippen LogP contribution in [0.3, 0.4) is 0 Å². The van der Waals surface area contributed by atoms with Crippen molar-refractivity contribution in [2.45, 2.75) is 38.1 Å². The van der Waals surface area contributed by atoms with E-state index < -0.39 is 18.1 Å². The van der Waals surface area contributed by atoms with Crippen molar-refractivity contribution in [3.8, 4) is 0 Å². The number of rotatable bonds is 12. The SMILES string of the molecule is CN(C)c1cccc(CNCC(O)[C@H](Cc2ccccc2)NC(=O)[C@H]2CC(=O)N(Cc3ccccc3)C2)c1. The minimum Gasteiger partial charge on any atom is -0.390 e. The monoisotopic (exact) mass is 514 g/mol. The van der Waals surface area contributed by atoms with Crippen LogP contribution in [0.15, 0.2) is 84.9 Å². The molecule has 1 aliphatic rings. The van der Waals surface area contributed by atoms with Gasteiger partial charge in [-0.3, -0.25) is 9.59 Å². The summed E-state index contributed by atoms with van der Waals surface area (Å²) in [4.78, 5) is 29.7. The first kappa shape index (κ1) is 27.4. The highest BCUT2D eigenvalue weighted by Gasteiger charge is 2.35. The number of aliphatic hydroxyl groups is 1. The van der Waals surface area contributed by atoms with Gasteiger partial charge in [-0.05, 0) is 35.2 Å². The molecule has 0 radical (unpaired) electrons. The Kier molecular flexibility index (Phi) is 9.51. The van der Waals surface area contributed by atoms with E-state index in [1.165, 1.54) is 0 Å². The van der Waals surface area contributed by atoms with Gasteiger partial charge in [0, 0.05) is 52.4 Å². The predicted molar refractivity (Wildman–Crippen MR) is 151 cm³/mol. The Hall–Kier alpha value is -3.68. The molecule has 3 atom stereocenters. The second-order valence-corrected chi connectivity index (χ2v) is 10.2. The summed E-state index contributed by atoms with van der Waals surface area (Å²) in [5.41, 5.74) is 4.31. The van der Waals surface area contributed by atoms with Gasteiger partial charge in [0.05, 0.1) is 18.1 Å². The first-order valence-electron chi connectivity index (χ1n) is 13.2. The highest BCUT2D eigenvalue weighted by molar-refractivity contribution is 5.89. The Labute approximate surface area is 225 Å². The fourth-order valence-corrected chi connectivity index (χ4v) is 4.81. The molecule has 7 heteroatoms. The zero-order chi connectivity index (χ0) is 26.9. The molecule has 7 nitrogen and oxygen atoms in total. The van der Waals surface area contributed by atoms with E-state index in [0.717, 1.165) is 22.4 Å². The molecule has 1 fully saturated rings. The number of hydrogen-bond donors (Lipinski definition) is 3. The second kappa shape index (κ2) is 13.2. The summed E-state index contributed by atoms with van der Waals surface area (Å²) in [6, 6.07) is 27.4. The van der Waals surface area contributed by atoms with Crippen LogP contribution in [0.25, 0.3) is 0 Å². The molecule has 1 heterocycles. The zero-order valence-corrected chi connectivity index (χ0v) is 22.2. The van der Waals surface area contributed by atoms with Gasteiger partial charge in [-0.25, -0.2) is 0 Å². The van der Waals surface area contributed by atoms with Gasteiger partial charge in [0.15, 0.2) is 0 Å². The van der Waals surface area contributed by atoms with Crippen molar-refractivity contribution in [2.75, 3.05) is 32.1 Å². The third-order valence-electron chi connectivity index (χ3n) is 7.00. The summed E-state index contributed by atoms with van der Waals surface area (Å²) < 4.78 is 0. The van der Waals surface area contributed by atoms with Crippen LogP contribution in [0.4, 0.5) is 5.69 Å². The van der Waals surface area contributed by atoms with Crippen molar-refractivity contribution in [1.82, 2.24) is 15.5 Å². The topological polar surface area (TPSA) is 84.9 Å². The lowest BCUT2D eigenvalue weighted by Crippen LogP contribution is -2.50. The van der Waals surface area contributed by atoms with Gasteiger partial charge in [0.2, 0.25) is 11.8 Å². The van der Waals surface area contributed by atoms with Crippen LogP contribution in [-0.4, -0.2) is 61.2 Å². The zero-order valence-electron chi connectivity index (χ0n) is 22.2. The van der Waals surface area contributed by atoms with Gasteiger partial charge in [-0.15, -0.1) is 0 Å². The third kappa shape index (κ3) is 7.66. The number of hydrogen-bond acceptors (Lipinski definition) is 5. The van der Waals surface area contributed by atoms with Crippen molar-refractivity contribution < 1.29 is 14.7 Å². The molecule has 0 spiro atoms. The van der Waals surface area contributed by atoms with Crippen LogP contribution in [0.1, 0.15) is 23.1 Å². The highest BCUT2D eigenvalue weighted by Crippen LogP contribution is 2.21. The summed E-state index contributed by atoms with van der Waals surface area (Å²) in [6.45, 7) is 1.82. The Morgan fingerprint density at radius 1 is 0.974 bits per heavy atom. The summed E-state index contributed by atoms with van der Waals surface area (Å²) in [7, 11) is 4.01. The lowest BCUT2D eigenvalue weighted by molar-refractivity contribution is -0.129. The van der Waals surface area contributed by atoms with E-state index in [2.05, 4.69) is 27.7 Å². The van der Waals surface area contributed by atoms with E-state index in [1.54, 1.807) is 4.90 Å². The van der Waals surface area contributed by atoms with Gasteiger partial charge < -0.3 is 25.5 Å². The fourth-order valence-electron chi connectivity index (χ4n) is 4.81. The normalized spacial score (nSPS) is 16.8. The summed E-state index contributed by atoms with van der Waals surface area (Å²) in [5, 5.41) is 17.5. The van der Waals surface area contributed by atoms with Crippen molar-refractivity contribution in [3.63, 3.8) is 0 Å². The van der Waals surface area contributed by atoms with Crippen LogP contribution in [-0.2, 0) is 29.1 Å². The van der Waals surface area contributed by atoms with E-state index in [-0.39, 0.29) is 18.2 Å². The number of carbonyl (C=O) groups excluding carboxylic acids is 2. The number of nitrogens with one attached hydrogen (secondary N) is 2. The minimum atomic E-state index is -0.797. The van der Waals surface area contributed by atoms with E-state index >= 15 is 0 Å². The molecule has 1 saturated heterocycles. The highest BCUT2D eigenvalue weighted by atomic mass is 16.3. The molecule has 3 aromatic carbocycles. The number of anilines is 1. The van der Waals surface area contributed by atoms with Gasteiger partial charge in [0.1, 0.15) is 0 Å². The van der Waals surface area contributed by atoms with Gasteiger partial charge in [0.25, 0.3) is 0 Å². The molecular formula is C31H38N4O3. The number of benzene rings is 3. The molecule has 0 bridgehead atoms. The van der Waals surface area contributed by atoms with E-state index in [1.807, 2.05) is 86.9 Å². The van der Waals surface area contributed by atoms with E-state index in [9.17, 15) is 14.7 Å². The van der Waals surface area contributed by atoms with Crippen molar-refractivity contribution in [1.29, 1.82) is 0 Å². The molecule has 4 rings (SSSR count). The average Bonchev–Trinajstić information content (AvgIpc) is 3.29. The summed E-state index contributed by atoms with van der Waals surface area (Å²) >= 11 is 0. The molecule has 3 aromatic rings. The van der Waals surface area contributed by atoms with Crippen molar-refractivity contribution in [2.24, 2.45) is 5.92 Å². The molecule has 1 aliphatic heterocycles. The third-order valence-corrected chi connectivity index (χ3v) is 7.00. The molecule has 2 amide bonds. The van der Waals surface area contributed by atoms with Crippen LogP contribution in [0.2, 0.25) is 0 Å². The van der Waals surface area contributed by atoms with Crippen LogP contribution >= 0.6 is 0 Å². The van der Waals surface area contributed by atoms with Crippen LogP contribution < -0.4 is 15.5 Å². The van der Waals surface area contributed by atoms with Crippen molar-refractivity contribution >= 4 is 17.5 Å². The minimum absolute atomic E-state index is 0.0178. The maximum absolute atomic E-state index is 13.3. The fraction of sp³-hybridized carbons (Fsp3) is 0.355. The standard InChI is InChI=1S/C31H38N4O3/c1-34(2)27-15-9-14-25(16-27)19-32-20-29(36)28(17-23-10-5-3-6-11-23)33-31(38)26-18-30(37)35(22-26)21-24-12-7-4-8-13-24/h3-16,26,28-29,32,36H,17-22H2,1-2H3,(H,33,38)/t26-,28-,29?/m0/s1. The second-order valence-electron chi connectivity index (χ2n) is 10.2. The Morgan fingerprint density at radius 3 is 2.32 bits per heavy atom. The lowest BCUT2D eigenvalue weighted by Gasteiger charge is -2.26. The number of amides is 2. The quantitative estimate of drug-likeness (QED) is 0.346. The molecule has 0 aliphatic carbocycles. The van der Waals surface area contributed by atoms with Gasteiger partial charge >= 0.3 is 0 Å². The number of nitrogens with zero attached hydrogens (tertiary/aromatic N) is 2. The van der Waals surface area contributed by atoms with Crippen molar-refractivity contribution in [3.05, 3.63) is 102 Å². The Balaban J connectivity index is 1.36. The average molecular weight is 515 g/mol. The first-order valence-corrected chi connectivity index (χ1v) is 13.2. The van der Waals surface area contributed by atoms with Crippen LogP contribution in [0, 0.1) is 5.92 Å². The molecule has 1 unspecified atom stereocenters. The largest absolute Gasteiger partial charge is 0.390 e. The number of carbonyl (C=O) groups is 2. The van der Waals surface area contributed by atoms with Crippen LogP contribution in [0.5, 0.6) is 0 Å². The number of likely N-dealkylation sites (tertiary alicyclic amines) is 1. The summed E-state index contributed by atoms with van der Waals surface area (Å²) in [6.07, 6.45) is -0.110. The molecule has 3 N–H and O–H groups in total. The molecule has 0 aromatic heterocycles. The van der Waals surface area contributed by atoms with Gasteiger partial charge in [-0.2, -0.15) is 0 Å². The van der Waals surface area contributed by atoms with E-state index in [4.69, 9.17) is 0 Å². The smallest absolute Gasteiger partial charge is 0.225 e. The lowest BCUT2D eigenvalue weighted by atomic mass is 9.99. The summed E-state index contributed by atoms with van der Waals surface area (Å²) in [5.74, 6) is -0.637. The first-order chi connectivity index (χ1) is 18.4. The maximum atomic E-state index is 13.3. The van der Waals surface area contributed by atoms with E-state index in [0.29, 0.717) is 32.6 Å². The Morgan fingerprint density at radius 2 is 1.63 bits per heavy atom. The molecular weight excluding hydrogens is 476 g/mol. The maximum Gasteiger partial charge on any atom is 0.225 e. The Bertz CT molecular complexity index is 1190.